The Morgan fingerprint density at radius 1 is 1.29 bits per heavy atom. The van der Waals surface area contributed by atoms with E-state index in [0.717, 1.165) is 17.0 Å². The summed E-state index contributed by atoms with van der Waals surface area (Å²) in [6, 6.07) is 5.28. The van der Waals surface area contributed by atoms with Gasteiger partial charge in [0.05, 0.1) is 16.1 Å². The fourth-order valence-electron chi connectivity index (χ4n) is 1.36. The van der Waals surface area contributed by atoms with Crippen LogP contribution in [0.2, 0.25) is 10.0 Å². The molecule has 2 aromatic rings. The van der Waals surface area contributed by atoms with E-state index in [2.05, 4.69) is 10.2 Å². The molecule has 0 fully saturated rings. The molecule has 0 amide bonds. The predicted molar refractivity (Wildman–Crippen MR) is 72.6 cm³/mol. The van der Waals surface area contributed by atoms with Gasteiger partial charge in [0.25, 0.3) is 0 Å². The van der Waals surface area contributed by atoms with Gasteiger partial charge in [0.15, 0.2) is 5.01 Å². The molecule has 1 unspecified atom stereocenters. The third-order valence-corrected chi connectivity index (χ3v) is 4.08. The average molecular weight is 288 g/mol. The molecule has 0 aliphatic rings. The summed E-state index contributed by atoms with van der Waals surface area (Å²) in [6.45, 7) is 2.01. The van der Waals surface area contributed by atoms with E-state index in [1.165, 1.54) is 11.3 Å². The van der Waals surface area contributed by atoms with Crippen molar-refractivity contribution < 1.29 is 0 Å². The third kappa shape index (κ3) is 2.60. The standard InChI is InChI=1S/C11H11Cl2N3S/c1-2-8(14)10-15-16-11(17-10)9-6(12)4-3-5-7(9)13/h3-5,8H,2,14H2,1H3. The number of nitrogens with zero attached hydrogens (tertiary/aromatic N) is 2. The predicted octanol–water partition coefficient (Wildman–Crippen LogP) is 3.92. The molecule has 0 saturated carbocycles. The second kappa shape index (κ2) is 5.31. The zero-order valence-electron chi connectivity index (χ0n) is 9.15. The summed E-state index contributed by atoms with van der Waals surface area (Å²) in [4.78, 5) is 0. The van der Waals surface area contributed by atoms with Gasteiger partial charge >= 0.3 is 0 Å². The maximum absolute atomic E-state index is 6.11. The molecule has 17 heavy (non-hydrogen) atoms. The van der Waals surface area contributed by atoms with Crippen molar-refractivity contribution in [2.24, 2.45) is 5.73 Å². The summed E-state index contributed by atoms with van der Waals surface area (Å²) < 4.78 is 0. The van der Waals surface area contributed by atoms with Crippen molar-refractivity contribution in [2.45, 2.75) is 19.4 Å². The highest BCUT2D eigenvalue weighted by Gasteiger charge is 2.16. The van der Waals surface area contributed by atoms with Crippen LogP contribution in [0.25, 0.3) is 10.6 Å². The van der Waals surface area contributed by atoms with E-state index >= 15 is 0 Å². The molecule has 90 valence electrons. The number of benzene rings is 1. The fraction of sp³-hybridized carbons (Fsp3) is 0.273. The first-order valence-electron chi connectivity index (χ1n) is 5.16. The van der Waals surface area contributed by atoms with Gasteiger partial charge in [-0.2, -0.15) is 0 Å². The average Bonchev–Trinajstić information content (AvgIpc) is 2.77. The van der Waals surface area contributed by atoms with Crippen LogP contribution in [0.5, 0.6) is 0 Å². The Morgan fingerprint density at radius 3 is 2.53 bits per heavy atom. The van der Waals surface area contributed by atoms with E-state index in [0.29, 0.717) is 15.1 Å². The van der Waals surface area contributed by atoms with Crippen LogP contribution in [0.4, 0.5) is 0 Å². The van der Waals surface area contributed by atoms with E-state index in [-0.39, 0.29) is 6.04 Å². The molecule has 0 aliphatic carbocycles. The van der Waals surface area contributed by atoms with Crippen LogP contribution in [0.15, 0.2) is 18.2 Å². The largest absolute Gasteiger partial charge is 0.322 e. The maximum Gasteiger partial charge on any atom is 0.150 e. The van der Waals surface area contributed by atoms with E-state index in [1.54, 1.807) is 18.2 Å². The lowest BCUT2D eigenvalue weighted by Gasteiger charge is -2.02. The first kappa shape index (κ1) is 12.8. The molecule has 1 heterocycles. The molecule has 1 aromatic heterocycles. The van der Waals surface area contributed by atoms with Crippen LogP contribution in [0, 0.1) is 0 Å². The van der Waals surface area contributed by atoms with Crippen LogP contribution in [-0.2, 0) is 0 Å². The first-order chi connectivity index (χ1) is 8.13. The zero-order chi connectivity index (χ0) is 12.4. The van der Waals surface area contributed by atoms with Crippen LogP contribution < -0.4 is 5.73 Å². The Hall–Kier alpha value is -0.680. The summed E-state index contributed by atoms with van der Waals surface area (Å²) >= 11 is 13.7. The molecular formula is C11H11Cl2N3S. The fourth-order valence-corrected chi connectivity index (χ4v) is 3.05. The minimum atomic E-state index is -0.0810. The van der Waals surface area contributed by atoms with E-state index in [9.17, 15) is 0 Å². The SMILES string of the molecule is CCC(N)c1nnc(-c2c(Cl)cccc2Cl)s1. The molecule has 0 spiro atoms. The van der Waals surface area contributed by atoms with Crippen molar-refractivity contribution in [1.82, 2.24) is 10.2 Å². The second-order valence-electron chi connectivity index (χ2n) is 3.56. The van der Waals surface area contributed by atoms with Gasteiger partial charge < -0.3 is 5.73 Å². The van der Waals surface area contributed by atoms with Crippen molar-refractivity contribution >= 4 is 34.5 Å². The van der Waals surface area contributed by atoms with Gasteiger partial charge in [-0.1, -0.05) is 47.5 Å². The minimum absolute atomic E-state index is 0.0810. The number of hydrogen-bond acceptors (Lipinski definition) is 4. The van der Waals surface area contributed by atoms with Gasteiger partial charge in [-0.15, -0.1) is 10.2 Å². The summed E-state index contributed by atoms with van der Waals surface area (Å²) in [5, 5.41) is 10.8. The Balaban J connectivity index is 2.44. The molecule has 0 radical (unpaired) electrons. The monoisotopic (exact) mass is 287 g/mol. The molecule has 6 heteroatoms. The molecular weight excluding hydrogens is 277 g/mol. The molecule has 2 N–H and O–H groups in total. The second-order valence-corrected chi connectivity index (χ2v) is 5.38. The van der Waals surface area contributed by atoms with Crippen LogP contribution in [0.1, 0.15) is 24.4 Å². The van der Waals surface area contributed by atoms with Gasteiger partial charge in [0.2, 0.25) is 0 Å². The number of rotatable bonds is 3. The Labute approximate surface area is 114 Å². The van der Waals surface area contributed by atoms with Crippen LogP contribution in [0.3, 0.4) is 0 Å². The lowest BCUT2D eigenvalue weighted by Crippen LogP contribution is -2.07. The molecule has 3 nitrogen and oxygen atoms in total. The van der Waals surface area contributed by atoms with Crippen molar-refractivity contribution in [2.75, 3.05) is 0 Å². The third-order valence-electron chi connectivity index (χ3n) is 2.37. The number of aromatic nitrogens is 2. The van der Waals surface area contributed by atoms with Gasteiger partial charge in [-0.05, 0) is 18.6 Å². The quantitative estimate of drug-likeness (QED) is 0.931. The Morgan fingerprint density at radius 2 is 1.94 bits per heavy atom. The number of nitrogens with two attached hydrogens (primary N) is 1. The normalized spacial score (nSPS) is 12.7. The van der Waals surface area contributed by atoms with E-state index in [4.69, 9.17) is 28.9 Å². The molecule has 2 rings (SSSR count). The smallest absolute Gasteiger partial charge is 0.150 e. The lowest BCUT2D eigenvalue weighted by atomic mass is 10.2. The lowest BCUT2D eigenvalue weighted by molar-refractivity contribution is 0.683. The molecule has 0 bridgehead atoms. The van der Waals surface area contributed by atoms with Gasteiger partial charge in [0, 0.05) is 5.56 Å². The van der Waals surface area contributed by atoms with Crippen molar-refractivity contribution in [3.8, 4) is 10.6 Å². The van der Waals surface area contributed by atoms with Gasteiger partial charge in [-0.25, -0.2) is 0 Å². The van der Waals surface area contributed by atoms with Crippen LogP contribution in [-0.4, -0.2) is 10.2 Å². The maximum atomic E-state index is 6.11. The molecule has 1 aromatic carbocycles. The van der Waals surface area contributed by atoms with Crippen molar-refractivity contribution in [3.05, 3.63) is 33.3 Å². The van der Waals surface area contributed by atoms with Gasteiger partial charge in [-0.3, -0.25) is 0 Å². The minimum Gasteiger partial charge on any atom is -0.322 e. The summed E-state index contributed by atoms with van der Waals surface area (Å²) in [7, 11) is 0. The number of hydrogen-bond donors (Lipinski definition) is 1. The number of halogens is 2. The highest BCUT2D eigenvalue weighted by Crippen LogP contribution is 2.37. The Bertz CT molecular complexity index is 507. The van der Waals surface area contributed by atoms with Crippen molar-refractivity contribution in [3.63, 3.8) is 0 Å². The van der Waals surface area contributed by atoms with Gasteiger partial charge in [0.1, 0.15) is 5.01 Å². The molecule has 0 aliphatic heterocycles. The van der Waals surface area contributed by atoms with E-state index < -0.39 is 0 Å². The molecule has 0 saturated heterocycles. The topological polar surface area (TPSA) is 51.8 Å². The highest BCUT2D eigenvalue weighted by molar-refractivity contribution is 7.14. The van der Waals surface area contributed by atoms with Crippen molar-refractivity contribution in [1.29, 1.82) is 0 Å². The zero-order valence-corrected chi connectivity index (χ0v) is 11.5. The van der Waals surface area contributed by atoms with E-state index in [1.807, 2.05) is 6.92 Å². The summed E-state index contributed by atoms with van der Waals surface area (Å²) in [5.74, 6) is 0. The van der Waals surface area contributed by atoms with Crippen LogP contribution >= 0.6 is 34.5 Å². The summed E-state index contributed by atoms with van der Waals surface area (Å²) in [5.41, 5.74) is 6.63. The summed E-state index contributed by atoms with van der Waals surface area (Å²) in [6.07, 6.45) is 0.824. The highest BCUT2D eigenvalue weighted by atomic mass is 35.5. The Kier molecular flexibility index (Phi) is 3.99. The molecule has 1 atom stereocenters. The first-order valence-corrected chi connectivity index (χ1v) is 6.74.